The molecule has 0 radical (unpaired) electrons. The Morgan fingerprint density at radius 2 is 2.05 bits per heavy atom. The Labute approximate surface area is 132 Å². The molecule has 0 saturated carbocycles. The average Bonchev–Trinajstić information content (AvgIpc) is 2.52. The Balaban J connectivity index is 1.78. The van der Waals surface area contributed by atoms with Crippen LogP contribution in [0.5, 0.6) is 11.5 Å². The highest BCUT2D eigenvalue weighted by Crippen LogP contribution is 2.31. The highest BCUT2D eigenvalue weighted by Gasteiger charge is 2.19. The summed E-state index contributed by atoms with van der Waals surface area (Å²) in [6, 6.07) is 5.47. The van der Waals surface area contributed by atoms with E-state index in [1.54, 1.807) is 7.11 Å². The lowest BCUT2D eigenvalue weighted by atomic mass is 9.97. The smallest absolute Gasteiger partial charge is 0.162 e. The number of likely N-dealkylation sites (tertiary alicyclic amines) is 1. The van der Waals surface area contributed by atoms with Gasteiger partial charge in [-0.2, -0.15) is 0 Å². The third-order valence-electron chi connectivity index (χ3n) is 3.99. The molecule has 2 N–H and O–H groups in total. The number of hydrogen-bond donors (Lipinski definition) is 1. The maximum absolute atomic E-state index is 6.01. The van der Waals surface area contributed by atoms with Gasteiger partial charge in [-0.15, -0.1) is 0 Å². The molecule has 5 heteroatoms. The second-order valence-corrected chi connectivity index (χ2v) is 5.97. The van der Waals surface area contributed by atoms with Gasteiger partial charge in [0.05, 0.1) is 13.7 Å². The molecule has 1 aliphatic heterocycles. The second-order valence-electron chi connectivity index (χ2n) is 5.53. The molecule has 1 fully saturated rings. The summed E-state index contributed by atoms with van der Waals surface area (Å²) in [5, 5.41) is 0.669. The van der Waals surface area contributed by atoms with E-state index in [0.717, 1.165) is 50.7 Å². The first kappa shape index (κ1) is 16.4. The Kier molecular flexibility index (Phi) is 6.61. The van der Waals surface area contributed by atoms with Gasteiger partial charge >= 0.3 is 0 Å². The van der Waals surface area contributed by atoms with Gasteiger partial charge in [-0.05, 0) is 63.5 Å². The lowest BCUT2D eigenvalue weighted by molar-refractivity contribution is 0.139. The number of ether oxygens (including phenoxy) is 2. The Morgan fingerprint density at radius 3 is 2.71 bits per heavy atom. The summed E-state index contributed by atoms with van der Waals surface area (Å²) >= 11 is 6.01. The second kappa shape index (κ2) is 8.47. The number of halogens is 1. The molecule has 118 valence electrons. The third kappa shape index (κ3) is 5.06. The summed E-state index contributed by atoms with van der Waals surface area (Å²) in [4.78, 5) is 2.49. The van der Waals surface area contributed by atoms with E-state index in [1.807, 2.05) is 18.2 Å². The maximum Gasteiger partial charge on any atom is 0.162 e. The molecule has 0 spiro atoms. The van der Waals surface area contributed by atoms with Crippen LogP contribution in [-0.2, 0) is 0 Å². The number of hydrogen-bond acceptors (Lipinski definition) is 4. The van der Waals surface area contributed by atoms with E-state index in [2.05, 4.69) is 4.90 Å². The van der Waals surface area contributed by atoms with Crippen molar-refractivity contribution in [1.29, 1.82) is 0 Å². The Hall–Kier alpha value is -0.970. The standard InChI is InChI=1S/C16H25ClN2O2/c1-20-15-4-3-14(17)11-16(15)21-12-13-5-9-19(10-6-13)8-2-7-18/h3-4,11,13H,2,5-10,12,18H2,1H3. The topological polar surface area (TPSA) is 47.7 Å². The minimum Gasteiger partial charge on any atom is -0.493 e. The van der Waals surface area contributed by atoms with Crippen molar-refractivity contribution in [3.8, 4) is 11.5 Å². The molecule has 2 rings (SSSR count). The van der Waals surface area contributed by atoms with Crippen LogP contribution in [0, 0.1) is 5.92 Å². The fraction of sp³-hybridized carbons (Fsp3) is 0.625. The molecule has 0 amide bonds. The van der Waals surface area contributed by atoms with Crippen molar-refractivity contribution in [3.63, 3.8) is 0 Å². The van der Waals surface area contributed by atoms with Crippen LogP contribution in [-0.4, -0.2) is 44.8 Å². The van der Waals surface area contributed by atoms with E-state index < -0.39 is 0 Å². The van der Waals surface area contributed by atoms with E-state index in [-0.39, 0.29) is 0 Å². The monoisotopic (exact) mass is 312 g/mol. The fourth-order valence-corrected chi connectivity index (χ4v) is 2.82. The van der Waals surface area contributed by atoms with Crippen molar-refractivity contribution >= 4 is 11.6 Å². The Morgan fingerprint density at radius 1 is 1.29 bits per heavy atom. The maximum atomic E-state index is 6.01. The van der Waals surface area contributed by atoms with Crippen LogP contribution < -0.4 is 15.2 Å². The van der Waals surface area contributed by atoms with Gasteiger partial charge in [0.25, 0.3) is 0 Å². The highest BCUT2D eigenvalue weighted by atomic mass is 35.5. The first-order chi connectivity index (χ1) is 10.2. The minimum absolute atomic E-state index is 0.600. The van der Waals surface area contributed by atoms with Crippen molar-refractivity contribution in [2.24, 2.45) is 11.7 Å². The van der Waals surface area contributed by atoms with Gasteiger partial charge in [-0.25, -0.2) is 0 Å². The normalized spacial score (nSPS) is 16.9. The summed E-state index contributed by atoms with van der Waals surface area (Å²) in [6.07, 6.45) is 3.43. The van der Waals surface area contributed by atoms with Crippen LogP contribution in [0.3, 0.4) is 0 Å². The van der Waals surface area contributed by atoms with Crippen LogP contribution in [0.15, 0.2) is 18.2 Å². The lowest BCUT2D eigenvalue weighted by Crippen LogP contribution is -2.36. The zero-order chi connectivity index (χ0) is 15.1. The average molecular weight is 313 g/mol. The van der Waals surface area contributed by atoms with Crippen molar-refractivity contribution in [2.75, 3.05) is 39.9 Å². The number of nitrogens with zero attached hydrogens (tertiary/aromatic N) is 1. The largest absolute Gasteiger partial charge is 0.493 e. The van der Waals surface area contributed by atoms with Crippen LogP contribution in [0.25, 0.3) is 0 Å². The predicted octanol–water partition coefficient (Wildman–Crippen LogP) is 2.79. The number of methoxy groups -OCH3 is 1. The molecular formula is C16H25ClN2O2. The van der Waals surface area contributed by atoms with Gasteiger partial charge in [-0.3, -0.25) is 0 Å². The van der Waals surface area contributed by atoms with E-state index in [0.29, 0.717) is 10.9 Å². The van der Waals surface area contributed by atoms with Crippen LogP contribution >= 0.6 is 11.6 Å². The van der Waals surface area contributed by atoms with E-state index >= 15 is 0 Å². The van der Waals surface area contributed by atoms with Gasteiger partial charge in [0, 0.05) is 11.1 Å². The van der Waals surface area contributed by atoms with Crippen molar-refractivity contribution in [3.05, 3.63) is 23.2 Å². The summed E-state index contributed by atoms with van der Waals surface area (Å²) in [5.41, 5.74) is 5.56. The van der Waals surface area contributed by atoms with Crippen molar-refractivity contribution in [1.82, 2.24) is 4.90 Å². The van der Waals surface area contributed by atoms with Gasteiger partial charge in [0.15, 0.2) is 11.5 Å². The molecular weight excluding hydrogens is 288 g/mol. The van der Waals surface area contributed by atoms with E-state index in [9.17, 15) is 0 Å². The highest BCUT2D eigenvalue weighted by molar-refractivity contribution is 6.30. The first-order valence-corrected chi connectivity index (χ1v) is 7.99. The third-order valence-corrected chi connectivity index (χ3v) is 4.22. The molecule has 0 unspecified atom stereocenters. The summed E-state index contributed by atoms with van der Waals surface area (Å²) < 4.78 is 11.2. The van der Waals surface area contributed by atoms with Crippen LogP contribution in [0.2, 0.25) is 5.02 Å². The molecule has 1 aliphatic rings. The van der Waals surface area contributed by atoms with E-state index in [4.69, 9.17) is 26.8 Å². The molecule has 0 bridgehead atoms. The number of piperidine rings is 1. The zero-order valence-electron chi connectivity index (χ0n) is 12.7. The molecule has 4 nitrogen and oxygen atoms in total. The first-order valence-electron chi connectivity index (χ1n) is 7.61. The summed E-state index contributed by atoms with van der Waals surface area (Å²) in [6.45, 7) is 4.90. The molecule has 1 saturated heterocycles. The molecule has 1 aromatic rings. The van der Waals surface area contributed by atoms with Crippen molar-refractivity contribution in [2.45, 2.75) is 19.3 Å². The SMILES string of the molecule is COc1ccc(Cl)cc1OCC1CCN(CCCN)CC1. The van der Waals surface area contributed by atoms with Crippen molar-refractivity contribution < 1.29 is 9.47 Å². The summed E-state index contributed by atoms with van der Waals surface area (Å²) in [7, 11) is 1.64. The molecule has 21 heavy (non-hydrogen) atoms. The van der Waals surface area contributed by atoms with Crippen LogP contribution in [0.1, 0.15) is 19.3 Å². The van der Waals surface area contributed by atoms with Gasteiger partial charge in [0.2, 0.25) is 0 Å². The minimum atomic E-state index is 0.600. The summed E-state index contributed by atoms with van der Waals surface area (Å²) in [5.74, 6) is 2.07. The Bertz CT molecular complexity index is 434. The van der Waals surface area contributed by atoms with E-state index in [1.165, 1.54) is 12.8 Å². The molecule has 1 heterocycles. The number of benzene rings is 1. The number of nitrogens with two attached hydrogens (primary N) is 1. The van der Waals surface area contributed by atoms with Gasteiger partial charge < -0.3 is 20.1 Å². The molecule has 0 atom stereocenters. The fourth-order valence-electron chi connectivity index (χ4n) is 2.66. The quantitative estimate of drug-likeness (QED) is 0.841. The van der Waals surface area contributed by atoms with Crippen LogP contribution in [0.4, 0.5) is 0 Å². The van der Waals surface area contributed by atoms with Gasteiger partial charge in [0.1, 0.15) is 0 Å². The molecule has 0 aromatic heterocycles. The lowest BCUT2D eigenvalue weighted by Gasteiger charge is -2.31. The van der Waals surface area contributed by atoms with Gasteiger partial charge in [-0.1, -0.05) is 11.6 Å². The predicted molar refractivity (Wildman–Crippen MR) is 86.3 cm³/mol. The molecule has 0 aliphatic carbocycles. The molecule has 1 aromatic carbocycles. The zero-order valence-corrected chi connectivity index (χ0v) is 13.4. The number of rotatable bonds is 7.